The second-order valence-corrected chi connectivity index (χ2v) is 6.88. The van der Waals surface area contributed by atoms with Gasteiger partial charge in [-0.3, -0.25) is 9.59 Å². The highest BCUT2D eigenvalue weighted by Gasteiger charge is 2.14. The van der Waals surface area contributed by atoms with Gasteiger partial charge in [0.15, 0.2) is 0 Å². The van der Waals surface area contributed by atoms with Gasteiger partial charge in [0.25, 0.3) is 5.56 Å². The predicted molar refractivity (Wildman–Crippen MR) is 102 cm³/mol. The van der Waals surface area contributed by atoms with Crippen molar-refractivity contribution < 1.29 is 4.79 Å². The average Bonchev–Trinajstić information content (AvgIpc) is 2.58. The lowest BCUT2D eigenvalue weighted by molar-refractivity contribution is -0.122. The summed E-state index contributed by atoms with van der Waals surface area (Å²) in [5, 5.41) is 11.3. The molecule has 1 aromatic heterocycles. The van der Waals surface area contributed by atoms with E-state index in [-0.39, 0.29) is 34.4 Å². The molecule has 2 aromatic carbocycles. The molecular weight excluding hydrogens is 375 g/mol. The predicted octanol–water partition coefficient (Wildman–Crippen LogP) is 3.28. The van der Waals surface area contributed by atoms with Gasteiger partial charge in [-0.2, -0.15) is 0 Å². The van der Waals surface area contributed by atoms with Crippen LogP contribution < -0.4 is 10.9 Å². The van der Waals surface area contributed by atoms with Crippen molar-refractivity contribution in [3.05, 3.63) is 67.9 Å². The van der Waals surface area contributed by atoms with Crippen LogP contribution in [-0.4, -0.2) is 20.9 Å². The highest BCUT2D eigenvalue weighted by molar-refractivity contribution is 6.38. The van der Waals surface area contributed by atoms with E-state index in [4.69, 9.17) is 23.2 Å². The summed E-state index contributed by atoms with van der Waals surface area (Å²) in [6.07, 6.45) is 0. The Labute approximate surface area is 159 Å². The molecule has 0 saturated heterocycles. The van der Waals surface area contributed by atoms with Gasteiger partial charge in [-0.1, -0.05) is 58.2 Å². The van der Waals surface area contributed by atoms with Crippen LogP contribution in [-0.2, 0) is 11.3 Å². The number of hydrogen-bond acceptors (Lipinski definition) is 4. The van der Waals surface area contributed by atoms with Crippen molar-refractivity contribution in [3.63, 3.8) is 0 Å². The lowest BCUT2D eigenvalue weighted by Crippen LogP contribution is -2.35. The van der Waals surface area contributed by atoms with Crippen LogP contribution in [0.15, 0.2) is 41.2 Å². The highest BCUT2D eigenvalue weighted by Crippen LogP contribution is 2.23. The lowest BCUT2D eigenvalue weighted by atomic mass is 10.1. The number of amides is 1. The number of hydrogen-bond donors (Lipinski definition) is 1. The van der Waals surface area contributed by atoms with Crippen molar-refractivity contribution in [3.8, 4) is 0 Å². The zero-order valence-electron chi connectivity index (χ0n) is 14.2. The van der Waals surface area contributed by atoms with E-state index in [1.165, 1.54) is 12.1 Å². The van der Waals surface area contributed by atoms with Crippen molar-refractivity contribution in [2.24, 2.45) is 0 Å². The smallest absolute Gasteiger partial charge is 0.278 e. The van der Waals surface area contributed by atoms with Gasteiger partial charge in [0.05, 0.1) is 16.5 Å². The molecule has 0 fully saturated rings. The maximum absolute atomic E-state index is 12.5. The second-order valence-electron chi connectivity index (χ2n) is 6.04. The number of nitrogens with one attached hydrogen (secondary N) is 1. The first-order valence-electron chi connectivity index (χ1n) is 7.93. The Morgan fingerprint density at radius 2 is 1.92 bits per heavy atom. The number of aryl methyl sites for hydroxylation is 1. The zero-order chi connectivity index (χ0) is 18.8. The van der Waals surface area contributed by atoms with E-state index in [0.717, 1.165) is 15.8 Å². The van der Waals surface area contributed by atoms with Crippen molar-refractivity contribution in [1.29, 1.82) is 0 Å². The van der Waals surface area contributed by atoms with Crippen LogP contribution in [0.5, 0.6) is 0 Å². The van der Waals surface area contributed by atoms with Gasteiger partial charge in [-0.15, -0.1) is 5.10 Å². The topological polar surface area (TPSA) is 76.9 Å². The second kappa shape index (κ2) is 7.43. The Kier molecular flexibility index (Phi) is 5.25. The van der Waals surface area contributed by atoms with Gasteiger partial charge in [0, 0.05) is 5.02 Å². The van der Waals surface area contributed by atoms with Crippen LogP contribution in [0.1, 0.15) is 24.1 Å². The number of aromatic nitrogens is 3. The summed E-state index contributed by atoms with van der Waals surface area (Å²) in [4.78, 5) is 24.8. The third kappa shape index (κ3) is 3.86. The summed E-state index contributed by atoms with van der Waals surface area (Å²) in [6, 6.07) is 10.6. The molecule has 0 radical (unpaired) electrons. The number of carbonyl (C=O) groups excluding carboxylic acids is 1. The van der Waals surface area contributed by atoms with E-state index in [9.17, 15) is 9.59 Å². The van der Waals surface area contributed by atoms with E-state index in [2.05, 4.69) is 15.6 Å². The van der Waals surface area contributed by atoms with Crippen LogP contribution in [0, 0.1) is 6.92 Å². The number of halogens is 2. The highest BCUT2D eigenvalue weighted by atomic mass is 35.5. The number of benzene rings is 2. The number of carbonyl (C=O) groups is 1. The minimum Gasteiger partial charge on any atom is -0.348 e. The van der Waals surface area contributed by atoms with Crippen LogP contribution in [0.25, 0.3) is 10.9 Å². The Hall–Kier alpha value is -2.44. The Balaban J connectivity index is 1.80. The molecule has 1 unspecified atom stereocenters. The fourth-order valence-electron chi connectivity index (χ4n) is 2.57. The van der Waals surface area contributed by atoms with Crippen molar-refractivity contribution >= 4 is 40.0 Å². The summed E-state index contributed by atoms with van der Waals surface area (Å²) in [5.74, 6) is -0.345. The molecule has 1 N–H and O–H groups in total. The number of fused-ring (bicyclic) bond motifs is 1. The van der Waals surface area contributed by atoms with E-state index in [0.29, 0.717) is 5.02 Å². The van der Waals surface area contributed by atoms with Gasteiger partial charge >= 0.3 is 0 Å². The first-order chi connectivity index (χ1) is 12.3. The molecule has 8 heteroatoms. The summed E-state index contributed by atoms with van der Waals surface area (Å²) < 4.78 is 0.992. The van der Waals surface area contributed by atoms with E-state index < -0.39 is 5.56 Å². The van der Waals surface area contributed by atoms with E-state index >= 15 is 0 Å². The molecule has 1 atom stereocenters. The van der Waals surface area contributed by atoms with Crippen LogP contribution in [0.2, 0.25) is 10.0 Å². The molecule has 134 valence electrons. The molecule has 0 aliphatic carbocycles. The fraction of sp³-hybridized carbons (Fsp3) is 0.222. The average molecular weight is 391 g/mol. The van der Waals surface area contributed by atoms with Gasteiger partial charge in [0.2, 0.25) is 5.91 Å². The molecular formula is C18H16Cl2N4O2. The van der Waals surface area contributed by atoms with Crippen molar-refractivity contribution in [2.75, 3.05) is 0 Å². The Bertz CT molecular complexity index is 1030. The van der Waals surface area contributed by atoms with Crippen LogP contribution >= 0.6 is 23.2 Å². The SMILES string of the molecule is Cc1ccc(C(C)NC(=O)Cn2nnc3c(Cl)cc(Cl)cc3c2=O)cc1. The van der Waals surface area contributed by atoms with Gasteiger partial charge in [-0.25, -0.2) is 4.68 Å². The molecule has 26 heavy (non-hydrogen) atoms. The molecule has 0 spiro atoms. The molecule has 6 nitrogen and oxygen atoms in total. The monoisotopic (exact) mass is 390 g/mol. The standard InChI is InChI=1S/C18H16Cl2N4O2/c1-10-3-5-12(6-4-10)11(2)21-16(25)9-24-18(26)14-7-13(19)8-15(20)17(14)22-23-24/h3-8,11H,9H2,1-2H3,(H,21,25). The van der Waals surface area contributed by atoms with Crippen molar-refractivity contribution in [2.45, 2.75) is 26.4 Å². The normalized spacial score (nSPS) is 12.2. The number of rotatable bonds is 4. The minimum absolute atomic E-state index is 0.198. The molecule has 0 aliphatic rings. The molecule has 3 rings (SSSR count). The third-order valence-corrected chi connectivity index (χ3v) is 4.50. The maximum atomic E-state index is 12.5. The van der Waals surface area contributed by atoms with Gasteiger partial charge in [-0.05, 0) is 31.5 Å². The van der Waals surface area contributed by atoms with Gasteiger partial charge < -0.3 is 5.32 Å². The quantitative estimate of drug-likeness (QED) is 0.741. The Morgan fingerprint density at radius 3 is 2.62 bits per heavy atom. The lowest BCUT2D eigenvalue weighted by Gasteiger charge is -2.15. The van der Waals surface area contributed by atoms with Crippen LogP contribution in [0.3, 0.4) is 0 Å². The third-order valence-electron chi connectivity index (χ3n) is 3.99. The fourth-order valence-corrected chi connectivity index (χ4v) is 3.11. The van der Waals surface area contributed by atoms with Crippen molar-refractivity contribution in [1.82, 2.24) is 20.3 Å². The molecule has 0 bridgehead atoms. The Morgan fingerprint density at radius 1 is 1.23 bits per heavy atom. The minimum atomic E-state index is -0.475. The molecule has 0 aliphatic heterocycles. The summed E-state index contributed by atoms with van der Waals surface area (Å²) in [7, 11) is 0. The zero-order valence-corrected chi connectivity index (χ0v) is 15.7. The first kappa shape index (κ1) is 18.4. The van der Waals surface area contributed by atoms with E-state index in [1.807, 2.05) is 38.1 Å². The van der Waals surface area contributed by atoms with Crippen LogP contribution in [0.4, 0.5) is 0 Å². The van der Waals surface area contributed by atoms with E-state index in [1.54, 1.807) is 0 Å². The summed E-state index contributed by atoms with van der Waals surface area (Å²) >= 11 is 12.0. The largest absolute Gasteiger partial charge is 0.348 e. The first-order valence-corrected chi connectivity index (χ1v) is 8.69. The number of nitrogens with zero attached hydrogens (tertiary/aromatic N) is 3. The summed E-state index contributed by atoms with van der Waals surface area (Å²) in [6.45, 7) is 3.62. The molecule has 0 saturated carbocycles. The summed E-state index contributed by atoms with van der Waals surface area (Å²) in [5.41, 5.74) is 1.89. The maximum Gasteiger partial charge on any atom is 0.278 e. The van der Waals surface area contributed by atoms with Gasteiger partial charge in [0.1, 0.15) is 12.1 Å². The molecule has 1 heterocycles. The molecule has 1 amide bonds. The molecule has 3 aromatic rings.